The summed E-state index contributed by atoms with van der Waals surface area (Å²) >= 11 is 0. The van der Waals surface area contributed by atoms with Crippen LogP contribution < -0.4 is 9.47 Å². The number of hydrogen-bond acceptors (Lipinski definition) is 4. The van der Waals surface area contributed by atoms with Gasteiger partial charge in [0.1, 0.15) is 6.61 Å². The molecule has 0 aliphatic heterocycles. The number of ether oxygens (including phenoxy) is 2. The van der Waals surface area contributed by atoms with Gasteiger partial charge in [0.05, 0.1) is 13.0 Å². The maximum atomic E-state index is 10.7. The van der Waals surface area contributed by atoms with E-state index in [0.29, 0.717) is 31.2 Å². The molecule has 1 atom stereocenters. The van der Waals surface area contributed by atoms with Crippen LogP contribution in [-0.4, -0.2) is 49.8 Å². The molecule has 0 fully saturated rings. The van der Waals surface area contributed by atoms with E-state index < -0.39 is 5.97 Å². The van der Waals surface area contributed by atoms with Crippen LogP contribution in [0.15, 0.2) is 24.3 Å². The molecule has 0 saturated carbocycles. The SMILES string of the molecule is COc1ccccc1OCCN(C)CC(C)C(=O)O. The van der Waals surface area contributed by atoms with E-state index in [9.17, 15) is 4.79 Å². The number of carboxylic acid groups (broad SMARTS) is 1. The lowest BCUT2D eigenvalue weighted by Gasteiger charge is -2.19. The van der Waals surface area contributed by atoms with E-state index in [4.69, 9.17) is 14.6 Å². The third kappa shape index (κ3) is 5.18. The molecule has 0 aliphatic rings. The molecule has 0 aliphatic carbocycles. The Kier molecular flexibility index (Phi) is 6.15. The van der Waals surface area contributed by atoms with Crippen molar-refractivity contribution >= 4 is 5.97 Å². The van der Waals surface area contributed by atoms with Gasteiger partial charge < -0.3 is 19.5 Å². The fraction of sp³-hybridized carbons (Fsp3) is 0.500. The first-order valence-corrected chi connectivity index (χ1v) is 6.21. The number of likely N-dealkylation sites (N-methyl/N-ethyl adjacent to an activating group) is 1. The Labute approximate surface area is 113 Å². The Balaban J connectivity index is 2.35. The highest BCUT2D eigenvalue weighted by molar-refractivity contribution is 5.69. The molecule has 5 nitrogen and oxygen atoms in total. The van der Waals surface area contributed by atoms with Crippen LogP contribution >= 0.6 is 0 Å². The Morgan fingerprint density at radius 2 is 2.00 bits per heavy atom. The summed E-state index contributed by atoms with van der Waals surface area (Å²) in [5.74, 6) is 0.238. The van der Waals surface area contributed by atoms with Gasteiger partial charge in [0, 0.05) is 13.1 Å². The van der Waals surface area contributed by atoms with Gasteiger partial charge >= 0.3 is 5.97 Å². The molecule has 0 amide bonds. The smallest absolute Gasteiger partial charge is 0.307 e. The lowest BCUT2D eigenvalue weighted by molar-refractivity contribution is -0.141. The minimum atomic E-state index is -0.780. The summed E-state index contributed by atoms with van der Waals surface area (Å²) in [5.41, 5.74) is 0. The number of aliphatic carboxylic acids is 1. The first-order chi connectivity index (χ1) is 9.04. The zero-order chi connectivity index (χ0) is 14.3. The Morgan fingerprint density at radius 3 is 2.58 bits per heavy atom. The van der Waals surface area contributed by atoms with E-state index in [1.54, 1.807) is 14.0 Å². The zero-order valence-electron chi connectivity index (χ0n) is 11.6. The van der Waals surface area contributed by atoms with E-state index in [1.807, 2.05) is 36.2 Å². The second-order valence-corrected chi connectivity index (χ2v) is 4.50. The van der Waals surface area contributed by atoms with Gasteiger partial charge in [0.15, 0.2) is 11.5 Å². The van der Waals surface area contributed by atoms with Gasteiger partial charge in [-0.2, -0.15) is 0 Å². The highest BCUT2D eigenvalue weighted by atomic mass is 16.5. The van der Waals surface area contributed by atoms with Crippen LogP contribution in [0.4, 0.5) is 0 Å². The molecule has 1 unspecified atom stereocenters. The summed E-state index contributed by atoms with van der Waals surface area (Å²) in [6, 6.07) is 7.45. The van der Waals surface area contributed by atoms with Crippen molar-refractivity contribution in [3.63, 3.8) is 0 Å². The normalized spacial score (nSPS) is 12.2. The number of methoxy groups -OCH3 is 1. The predicted octanol–water partition coefficient (Wildman–Crippen LogP) is 1.73. The summed E-state index contributed by atoms with van der Waals surface area (Å²) < 4.78 is 10.8. The van der Waals surface area contributed by atoms with E-state index >= 15 is 0 Å². The van der Waals surface area contributed by atoms with E-state index in [2.05, 4.69) is 0 Å². The number of para-hydroxylation sites is 2. The van der Waals surface area contributed by atoms with E-state index in [-0.39, 0.29) is 5.92 Å². The molecule has 1 rings (SSSR count). The maximum Gasteiger partial charge on any atom is 0.307 e. The zero-order valence-corrected chi connectivity index (χ0v) is 11.6. The van der Waals surface area contributed by atoms with Gasteiger partial charge in [0.2, 0.25) is 0 Å². The molecule has 1 aromatic rings. The second-order valence-electron chi connectivity index (χ2n) is 4.50. The molecule has 5 heteroatoms. The summed E-state index contributed by atoms with van der Waals surface area (Å²) in [6.07, 6.45) is 0. The summed E-state index contributed by atoms with van der Waals surface area (Å²) in [5, 5.41) is 8.83. The molecule has 0 aromatic heterocycles. The average molecular weight is 267 g/mol. The van der Waals surface area contributed by atoms with Gasteiger partial charge in [-0.15, -0.1) is 0 Å². The second kappa shape index (κ2) is 7.63. The van der Waals surface area contributed by atoms with Crippen LogP contribution in [0.5, 0.6) is 11.5 Å². The fourth-order valence-corrected chi connectivity index (χ4v) is 1.69. The molecule has 1 aromatic carbocycles. The molecule has 0 radical (unpaired) electrons. The molecular weight excluding hydrogens is 246 g/mol. The Bertz CT molecular complexity index is 408. The minimum absolute atomic E-state index is 0.378. The number of carboxylic acids is 1. The molecule has 0 bridgehead atoms. The van der Waals surface area contributed by atoms with Crippen molar-refractivity contribution in [1.82, 2.24) is 4.90 Å². The number of benzene rings is 1. The standard InChI is InChI=1S/C14H21NO4/c1-11(14(16)17)10-15(2)8-9-19-13-7-5-4-6-12(13)18-3/h4-7,11H,8-10H2,1-3H3,(H,16,17). The lowest BCUT2D eigenvalue weighted by Crippen LogP contribution is -2.31. The third-order valence-electron chi connectivity index (χ3n) is 2.81. The first kappa shape index (κ1) is 15.3. The van der Waals surface area contributed by atoms with Crippen molar-refractivity contribution in [2.24, 2.45) is 5.92 Å². The van der Waals surface area contributed by atoms with Gasteiger partial charge in [-0.3, -0.25) is 4.79 Å². The number of carbonyl (C=O) groups is 1. The number of nitrogens with zero attached hydrogens (tertiary/aromatic N) is 1. The molecule has 0 heterocycles. The number of hydrogen-bond donors (Lipinski definition) is 1. The van der Waals surface area contributed by atoms with Gasteiger partial charge in [-0.05, 0) is 19.2 Å². The van der Waals surface area contributed by atoms with Crippen molar-refractivity contribution in [2.75, 3.05) is 33.9 Å². The fourth-order valence-electron chi connectivity index (χ4n) is 1.69. The number of rotatable bonds is 8. The molecule has 1 N–H and O–H groups in total. The largest absolute Gasteiger partial charge is 0.493 e. The summed E-state index contributed by atoms with van der Waals surface area (Å²) in [7, 11) is 3.48. The summed E-state index contributed by atoms with van der Waals surface area (Å²) in [4.78, 5) is 12.7. The molecule has 19 heavy (non-hydrogen) atoms. The van der Waals surface area contributed by atoms with Gasteiger partial charge in [-0.1, -0.05) is 19.1 Å². The minimum Gasteiger partial charge on any atom is -0.493 e. The topological polar surface area (TPSA) is 59.0 Å². The van der Waals surface area contributed by atoms with Crippen molar-refractivity contribution < 1.29 is 19.4 Å². The molecular formula is C14H21NO4. The van der Waals surface area contributed by atoms with Crippen molar-refractivity contribution in [2.45, 2.75) is 6.92 Å². The highest BCUT2D eigenvalue weighted by Crippen LogP contribution is 2.25. The van der Waals surface area contributed by atoms with Crippen LogP contribution in [0.25, 0.3) is 0 Å². The van der Waals surface area contributed by atoms with Crippen LogP contribution in [-0.2, 0) is 4.79 Å². The van der Waals surface area contributed by atoms with Gasteiger partial charge in [0.25, 0.3) is 0 Å². The van der Waals surface area contributed by atoms with Crippen molar-refractivity contribution in [1.29, 1.82) is 0 Å². The van der Waals surface area contributed by atoms with E-state index in [0.717, 1.165) is 0 Å². The monoisotopic (exact) mass is 267 g/mol. The summed E-state index contributed by atoms with van der Waals surface area (Å²) in [6.45, 7) is 3.35. The van der Waals surface area contributed by atoms with E-state index in [1.165, 1.54) is 0 Å². The average Bonchev–Trinajstić information content (AvgIpc) is 2.39. The van der Waals surface area contributed by atoms with Gasteiger partial charge in [-0.25, -0.2) is 0 Å². The van der Waals surface area contributed by atoms with Crippen LogP contribution in [0, 0.1) is 5.92 Å². The Hall–Kier alpha value is -1.75. The van der Waals surface area contributed by atoms with Crippen LogP contribution in [0.1, 0.15) is 6.92 Å². The van der Waals surface area contributed by atoms with Crippen LogP contribution in [0.3, 0.4) is 0 Å². The highest BCUT2D eigenvalue weighted by Gasteiger charge is 2.13. The van der Waals surface area contributed by atoms with Crippen LogP contribution in [0.2, 0.25) is 0 Å². The van der Waals surface area contributed by atoms with Crippen molar-refractivity contribution in [3.05, 3.63) is 24.3 Å². The molecule has 106 valence electrons. The maximum absolute atomic E-state index is 10.7. The quantitative estimate of drug-likeness (QED) is 0.777. The lowest BCUT2D eigenvalue weighted by atomic mass is 10.2. The first-order valence-electron chi connectivity index (χ1n) is 6.21. The molecule has 0 spiro atoms. The third-order valence-corrected chi connectivity index (χ3v) is 2.81. The Morgan fingerprint density at radius 1 is 1.37 bits per heavy atom. The van der Waals surface area contributed by atoms with Crippen molar-refractivity contribution in [3.8, 4) is 11.5 Å². The predicted molar refractivity (Wildman–Crippen MR) is 72.8 cm³/mol. The molecule has 0 saturated heterocycles.